The molecule has 2 aromatic rings. The van der Waals surface area contributed by atoms with Gasteiger partial charge in [0.15, 0.2) is 0 Å². The highest BCUT2D eigenvalue weighted by Gasteiger charge is 2.18. The van der Waals surface area contributed by atoms with E-state index in [1.165, 1.54) is 12.1 Å². The molecular weight excluding hydrogens is 211 g/mol. The van der Waals surface area contributed by atoms with Gasteiger partial charge in [-0.1, -0.05) is 0 Å². The molecule has 1 N–H and O–H groups in total. The molecule has 0 bridgehead atoms. The first-order chi connectivity index (χ1) is 7.50. The van der Waals surface area contributed by atoms with Gasteiger partial charge < -0.3 is 9.67 Å². The molecule has 0 unspecified atom stereocenters. The van der Waals surface area contributed by atoms with Crippen molar-refractivity contribution in [1.29, 1.82) is 0 Å². The summed E-state index contributed by atoms with van der Waals surface area (Å²) in [7, 11) is 0. The van der Waals surface area contributed by atoms with Crippen molar-refractivity contribution in [1.82, 2.24) is 9.55 Å². The van der Waals surface area contributed by atoms with Gasteiger partial charge in [0.2, 0.25) is 5.82 Å². The summed E-state index contributed by atoms with van der Waals surface area (Å²) in [6.45, 7) is 3.72. The third-order valence-corrected chi connectivity index (χ3v) is 2.36. The number of benzene rings is 1. The second kappa shape index (κ2) is 3.59. The number of carboxylic acid groups (broad SMARTS) is 1. The van der Waals surface area contributed by atoms with Gasteiger partial charge in [-0.2, -0.15) is 0 Å². The molecule has 4 nitrogen and oxygen atoms in total. The van der Waals surface area contributed by atoms with Crippen LogP contribution in [-0.2, 0) is 0 Å². The fourth-order valence-corrected chi connectivity index (χ4v) is 1.75. The second-order valence-corrected chi connectivity index (χ2v) is 3.84. The van der Waals surface area contributed by atoms with Gasteiger partial charge in [0.1, 0.15) is 5.82 Å². The number of aromatic nitrogens is 2. The molecule has 1 aromatic heterocycles. The SMILES string of the molecule is CC(C)n1c(C(=O)O)nc2cc(F)ccc21. The minimum Gasteiger partial charge on any atom is -0.475 e. The van der Waals surface area contributed by atoms with Crippen LogP contribution < -0.4 is 0 Å². The molecule has 0 atom stereocenters. The molecule has 0 saturated heterocycles. The van der Waals surface area contributed by atoms with Gasteiger partial charge in [0.25, 0.3) is 0 Å². The molecular formula is C11H11FN2O2. The molecule has 0 aliphatic rings. The van der Waals surface area contributed by atoms with Gasteiger partial charge in [-0.05, 0) is 26.0 Å². The molecule has 0 amide bonds. The highest BCUT2D eigenvalue weighted by Crippen LogP contribution is 2.21. The van der Waals surface area contributed by atoms with Crippen molar-refractivity contribution in [2.24, 2.45) is 0 Å². The fourth-order valence-electron chi connectivity index (χ4n) is 1.75. The summed E-state index contributed by atoms with van der Waals surface area (Å²) >= 11 is 0. The number of nitrogens with zero attached hydrogens (tertiary/aromatic N) is 2. The number of hydrogen-bond donors (Lipinski definition) is 1. The molecule has 0 spiro atoms. The quantitative estimate of drug-likeness (QED) is 0.849. The van der Waals surface area contributed by atoms with Gasteiger partial charge in [-0.3, -0.25) is 0 Å². The van der Waals surface area contributed by atoms with Gasteiger partial charge in [-0.25, -0.2) is 14.2 Å². The van der Waals surface area contributed by atoms with Gasteiger partial charge in [-0.15, -0.1) is 0 Å². The Morgan fingerprint density at radius 1 is 1.50 bits per heavy atom. The summed E-state index contributed by atoms with van der Waals surface area (Å²) in [5.41, 5.74) is 1.000. The van der Waals surface area contributed by atoms with E-state index in [0.29, 0.717) is 11.0 Å². The number of halogens is 1. The van der Waals surface area contributed by atoms with Crippen molar-refractivity contribution in [2.45, 2.75) is 19.9 Å². The molecule has 0 saturated carbocycles. The molecule has 1 aromatic carbocycles. The fraction of sp³-hybridized carbons (Fsp3) is 0.273. The molecule has 1 heterocycles. The first-order valence-electron chi connectivity index (χ1n) is 4.91. The number of aromatic carboxylic acids is 1. The van der Waals surface area contributed by atoms with E-state index in [1.54, 1.807) is 10.6 Å². The van der Waals surface area contributed by atoms with Crippen LogP contribution in [0.4, 0.5) is 4.39 Å². The first kappa shape index (κ1) is 10.6. The molecule has 0 radical (unpaired) electrons. The predicted octanol–water partition coefficient (Wildman–Crippen LogP) is 2.45. The van der Waals surface area contributed by atoms with Crippen LogP contribution >= 0.6 is 0 Å². The van der Waals surface area contributed by atoms with Crippen molar-refractivity contribution >= 4 is 17.0 Å². The Morgan fingerprint density at radius 2 is 2.19 bits per heavy atom. The van der Waals surface area contributed by atoms with Crippen LogP contribution in [0.2, 0.25) is 0 Å². The largest absolute Gasteiger partial charge is 0.475 e. The zero-order valence-corrected chi connectivity index (χ0v) is 8.94. The molecule has 2 rings (SSSR count). The van der Waals surface area contributed by atoms with E-state index in [2.05, 4.69) is 4.98 Å². The van der Waals surface area contributed by atoms with Gasteiger partial charge in [0, 0.05) is 12.1 Å². The van der Waals surface area contributed by atoms with E-state index in [4.69, 9.17) is 5.11 Å². The van der Waals surface area contributed by atoms with Crippen LogP contribution in [0.25, 0.3) is 11.0 Å². The number of hydrogen-bond acceptors (Lipinski definition) is 2. The predicted molar refractivity (Wildman–Crippen MR) is 57.0 cm³/mol. The van der Waals surface area contributed by atoms with Crippen molar-refractivity contribution in [3.05, 3.63) is 29.8 Å². The van der Waals surface area contributed by atoms with Crippen LogP contribution in [0.3, 0.4) is 0 Å². The minimum absolute atomic E-state index is 0.0402. The van der Waals surface area contributed by atoms with Crippen LogP contribution in [0.5, 0.6) is 0 Å². The first-order valence-corrected chi connectivity index (χ1v) is 4.91. The lowest BCUT2D eigenvalue weighted by molar-refractivity contribution is 0.0677. The number of carbonyl (C=O) groups is 1. The Labute approximate surface area is 91.3 Å². The molecule has 5 heteroatoms. The van der Waals surface area contributed by atoms with Crippen LogP contribution in [0.15, 0.2) is 18.2 Å². The molecule has 84 valence electrons. The zero-order chi connectivity index (χ0) is 11.9. The van der Waals surface area contributed by atoms with Crippen LogP contribution in [-0.4, -0.2) is 20.6 Å². The Bertz CT molecular complexity index is 560. The molecule has 0 aliphatic heterocycles. The zero-order valence-electron chi connectivity index (χ0n) is 8.94. The van der Waals surface area contributed by atoms with E-state index in [9.17, 15) is 9.18 Å². The van der Waals surface area contributed by atoms with E-state index >= 15 is 0 Å². The van der Waals surface area contributed by atoms with Crippen LogP contribution in [0, 0.1) is 5.82 Å². The standard InChI is InChI=1S/C11H11FN2O2/c1-6(2)14-9-4-3-7(12)5-8(9)13-10(14)11(15)16/h3-6H,1-2H3,(H,15,16). The van der Waals surface area contributed by atoms with E-state index < -0.39 is 11.8 Å². The molecule has 16 heavy (non-hydrogen) atoms. The number of imidazole rings is 1. The number of rotatable bonds is 2. The van der Waals surface area contributed by atoms with E-state index in [0.717, 1.165) is 0 Å². The maximum absolute atomic E-state index is 13.0. The highest BCUT2D eigenvalue weighted by molar-refractivity contribution is 5.90. The third-order valence-electron chi connectivity index (χ3n) is 2.36. The summed E-state index contributed by atoms with van der Waals surface area (Å²) in [5.74, 6) is -1.58. The Balaban J connectivity index is 2.81. The Kier molecular flexibility index (Phi) is 2.38. The molecule has 0 aliphatic carbocycles. The number of fused-ring (bicyclic) bond motifs is 1. The summed E-state index contributed by atoms with van der Waals surface area (Å²) in [6.07, 6.45) is 0. The topological polar surface area (TPSA) is 55.1 Å². The Hall–Kier alpha value is -1.91. The lowest BCUT2D eigenvalue weighted by Crippen LogP contribution is -2.11. The van der Waals surface area contributed by atoms with E-state index in [1.807, 2.05) is 13.8 Å². The average Bonchev–Trinajstić information content (AvgIpc) is 2.55. The van der Waals surface area contributed by atoms with Crippen molar-refractivity contribution in [2.75, 3.05) is 0 Å². The summed E-state index contributed by atoms with van der Waals surface area (Å²) in [5, 5.41) is 9.01. The number of carboxylic acids is 1. The maximum atomic E-state index is 13.0. The van der Waals surface area contributed by atoms with Gasteiger partial charge >= 0.3 is 5.97 Å². The molecule has 0 fully saturated rings. The van der Waals surface area contributed by atoms with Gasteiger partial charge in [0.05, 0.1) is 11.0 Å². The lowest BCUT2D eigenvalue weighted by atomic mass is 10.3. The summed E-state index contributed by atoms with van der Waals surface area (Å²) < 4.78 is 14.6. The smallest absolute Gasteiger partial charge is 0.372 e. The minimum atomic E-state index is -1.11. The maximum Gasteiger partial charge on any atom is 0.372 e. The normalized spacial score (nSPS) is 11.2. The lowest BCUT2D eigenvalue weighted by Gasteiger charge is -2.10. The van der Waals surface area contributed by atoms with Crippen molar-refractivity contribution in [3.8, 4) is 0 Å². The second-order valence-electron chi connectivity index (χ2n) is 3.84. The highest BCUT2D eigenvalue weighted by atomic mass is 19.1. The average molecular weight is 222 g/mol. The van der Waals surface area contributed by atoms with Crippen LogP contribution in [0.1, 0.15) is 30.5 Å². The summed E-state index contributed by atoms with van der Waals surface area (Å²) in [4.78, 5) is 14.9. The van der Waals surface area contributed by atoms with E-state index in [-0.39, 0.29) is 11.9 Å². The Morgan fingerprint density at radius 3 is 2.75 bits per heavy atom. The monoisotopic (exact) mass is 222 g/mol. The van der Waals surface area contributed by atoms with Crippen molar-refractivity contribution in [3.63, 3.8) is 0 Å². The summed E-state index contributed by atoms with van der Waals surface area (Å²) in [6, 6.07) is 4.04. The van der Waals surface area contributed by atoms with Crippen molar-refractivity contribution < 1.29 is 14.3 Å². The third kappa shape index (κ3) is 1.54.